The lowest BCUT2D eigenvalue weighted by atomic mass is 9.89. The van der Waals surface area contributed by atoms with Gasteiger partial charge in [-0.3, -0.25) is 14.6 Å². The van der Waals surface area contributed by atoms with E-state index in [1.807, 2.05) is 36.1 Å². The van der Waals surface area contributed by atoms with E-state index in [1.54, 1.807) is 6.20 Å². The summed E-state index contributed by atoms with van der Waals surface area (Å²) in [5.41, 5.74) is 4.02. The Morgan fingerprint density at radius 3 is 2.43 bits per heavy atom. The number of likely N-dealkylation sites (tertiary alicyclic amines) is 1. The van der Waals surface area contributed by atoms with Crippen molar-refractivity contribution < 1.29 is 9.59 Å². The molecule has 1 aliphatic heterocycles. The van der Waals surface area contributed by atoms with Gasteiger partial charge in [0, 0.05) is 30.1 Å². The molecule has 1 aliphatic rings. The van der Waals surface area contributed by atoms with Gasteiger partial charge in [0.15, 0.2) is 5.78 Å². The summed E-state index contributed by atoms with van der Waals surface area (Å²) in [6, 6.07) is 3.81. The predicted octanol–water partition coefficient (Wildman–Crippen LogP) is 4.20. The first kappa shape index (κ1) is 21.4. The van der Waals surface area contributed by atoms with Crippen LogP contribution in [0.3, 0.4) is 0 Å². The van der Waals surface area contributed by atoms with Crippen molar-refractivity contribution in [2.75, 3.05) is 18.4 Å². The largest absolute Gasteiger partial charge is 0.354 e. The van der Waals surface area contributed by atoms with Crippen LogP contribution in [0.2, 0.25) is 0 Å². The van der Waals surface area contributed by atoms with Gasteiger partial charge in [-0.15, -0.1) is 0 Å². The Kier molecular flexibility index (Phi) is 7.50. The average molecular weight is 380 g/mol. The number of carbonyl (C=O) groups is 2. The molecule has 0 saturated carbocycles. The number of piperidine rings is 1. The first-order valence-corrected chi connectivity index (χ1v) is 9.51. The average Bonchev–Trinajstić information content (AvgIpc) is 2.69. The highest BCUT2D eigenvalue weighted by molar-refractivity contribution is 5.98. The maximum Gasteiger partial charge on any atom is 0.245 e. The zero-order chi connectivity index (χ0) is 20.7. The standard InChI is InChI=1S/C23H29N3O2/c1-6-23(28)26-13-11-20(12-14-26)16(2)7-10-22(19(5)27)18(4)25-21-9-8-17(3)24-15-21/h6-10,15,20,25H,1,4,11-14H2,2-3,5H3/b16-7+,22-10+. The summed E-state index contributed by atoms with van der Waals surface area (Å²) in [7, 11) is 0. The number of allylic oxidation sites excluding steroid dienone is 4. The number of hydrogen-bond acceptors (Lipinski definition) is 4. The number of nitrogens with zero attached hydrogens (tertiary/aromatic N) is 2. The molecular formula is C23H29N3O2. The second-order valence-corrected chi connectivity index (χ2v) is 7.14. The Balaban J connectivity index is 2.05. The maximum absolute atomic E-state index is 12.1. The Bertz CT molecular complexity index is 811. The number of Topliss-reactive ketones (excluding diaryl/α,β-unsaturated/α-hetero) is 1. The summed E-state index contributed by atoms with van der Waals surface area (Å²) >= 11 is 0. The van der Waals surface area contributed by atoms with Crippen LogP contribution in [0.15, 0.2) is 66.6 Å². The maximum atomic E-state index is 12.1. The number of hydrogen-bond donors (Lipinski definition) is 1. The molecule has 0 spiro atoms. The van der Waals surface area contributed by atoms with Gasteiger partial charge in [-0.05, 0) is 63.8 Å². The minimum atomic E-state index is -0.0481. The summed E-state index contributed by atoms with van der Waals surface area (Å²) in [5.74, 6) is 0.348. The van der Waals surface area contributed by atoms with Crippen molar-refractivity contribution in [1.29, 1.82) is 0 Å². The molecule has 0 radical (unpaired) electrons. The van der Waals surface area contributed by atoms with Gasteiger partial charge in [0.05, 0.1) is 11.9 Å². The first-order valence-electron chi connectivity index (χ1n) is 9.51. The molecule has 1 aromatic rings. The van der Waals surface area contributed by atoms with Gasteiger partial charge in [0.2, 0.25) is 5.91 Å². The number of aromatic nitrogens is 1. The summed E-state index contributed by atoms with van der Waals surface area (Å²) in [6.07, 6.45) is 8.74. The van der Waals surface area contributed by atoms with E-state index >= 15 is 0 Å². The molecule has 2 heterocycles. The van der Waals surface area contributed by atoms with E-state index in [4.69, 9.17) is 0 Å². The van der Waals surface area contributed by atoms with Gasteiger partial charge in [-0.2, -0.15) is 0 Å². The number of carbonyl (C=O) groups excluding carboxylic acids is 2. The van der Waals surface area contributed by atoms with Crippen molar-refractivity contribution in [3.05, 3.63) is 72.3 Å². The SMILES string of the molecule is C=CC(=O)N1CCC(/C(C)=C/C=C(\C(=C)Nc2ccc(C)nc2)C(C)=O)CC1. The van der Waals surface area contributed by atoms with E-state index in [0.29, 0.717) is 17.2 Å². The van der Waals surface area contributed by atoms with E-state index in [0.717, 1.165) is 37.3 Å². The van der Waals surface area contributed by atoms with Gasteiger partial charge in [-0.1, -0.05) is 24.8 Å². The van der Waals surface area contributed by atoms with Gasteiger partial charge >= 0.3 is 0 Å². The Labute approximate surface area is 167 Å². The normalized spacial score (nSPS) is 15.9. The summed E-state index contributed by atoms with van der Waals surface area (Å²) in [4.78, 5) is 29.9. The molecule has 0 aromatic carbocycles. The van der Waals surface area contributed by atoms with Gasteiger partial charge in [-0.25, -0.2) is 0 Å². The molecule has 1 amide bonds. The lowest BCUT2D eigenvalue weighted by molar-refractivity contribution is -0.127. The topological polar surface area (TPSA) is 62.3 Å². The number of rotatable bonds is 7. The minimum Gasteiger partial charge on any atom is -0.354 e. The van der Waals surface area contributed by atoms with Gasteiger partial charge in [0.1, 0.15) is 0 Å². The smallest absolute Gasteiger partial charge is 0.245 e. The van der Waals surface area contributed by atoms with E-state index in [-0.39, 0.29) is 11.7 Å². The molecule has 0 bridgehead atoms. The molecule has 2 rings (SSSR count). The van der Waals surface area contributed by atoms with E-state index in [1.165, 1.54) is 18.6 Å². The van der Waals surface area contributed by atoms with Crippen LogP contribution in [0.4, 0.5) is 5.69 Å². The van der Waals surface area contributed by atoms with Crippen LogP contribution < -0.4 is 5.32 Å². The van der Waals surface area contributed by atoms with Crippen molar-refractivity contribution in [1.82, 2.24) is 9.88 Å². The zero-order valence-electron chi connectivity index (χ0n) is 17.0. The number of amides is 1. The van der Waals surface area contributed by atoms with Crippen molar-refractivity contribution >= 4 is 17.4 Å². The highest BCUT2D eigenvalue weighted by Gasteiger charge is 2.22. The number of anilines is 1. The molecular weight excluding hydrogens is 350 g/mol. The second-order valence-electron chi connectivity index (χ2n) is 7.14. The molecule has 0 aliphatic carbocycles. The Hall–Kier alpha value is -2.95. The van der Waals surface area contributed by atoms with E-state index in [2.05, 4.69) is 30.4 Å². The second kappa shape index (κ2) is 9.83. The van der Waals surface area contributed by atoms with Crippen molar-refractivity contribution in [3.63, 3.8) is 0 Å². The summed E-state index contributed by atoms with van der Waals surface area (Å²) in [5, 5.41) is 3.15. The molecule has 5 heteroatoms. The number of pyridine rings is 1. The third kappa shape index (κ3) is 5.78. The third-order valence-electron chi connectivity index (χ3n) is 5.05. The number of ketones is 1. The van der Waals surface area contributed by atoms with Gasteiger partial charge < -0.3 is 10.2 Å². The molecule has 1 fully saturated rings. The highest BCUT2D eigenvalue weighted by Crippen LogP contribution is 2.25. The van der Waals surface area contributed by atoms with Gasteiger partial charge in [0.25, 0.3) is 0 Å². The van der Waals surface area contributed by atoms with Crippen molar-refractivity contribution in [2.24, 2.45) is 5.92 Å². The molecule has 1 N–H and O–H groups in total. The van der Waals surface area contributed by atoms with Crippen LogP contribution in [-0.4, -0.2) is 34.7 Å². The zero-order valence-corrected chi connectivity index (χ0v) is 17.0. The number of aryl methyl sites for hydroxylation is 1. The molecule has 0 atom stereocenters. The fourth-order valence-electron chi connectivity index (χ4n) is 3.25. The molecule has 28 heavy (non-hydrogen) atoms. The fraction of sp³-hybridized carbons (Fsp3) is 0.348. The monoisotopic (exact) mass is 379 g/mol. The highest BCUT2D eigenvalue weighted by atomic mass is 16.2. The molecule has 0 unspecified atom stereocenters. The van der Waals surface area contributed by atoms with Crippen molar-refractivity contribution in [2.45, 2.75) is 33.6 Å². The summed E-state index contributed by atoms with van der Waals surface area (Å²) in [6.45, 7) is 14.6. The van der Waals surface area contributed by atoms with E-state index < -0.39 is 0 Å². The van der Waals surface area contributed by atoms with Crippen LogP contribution in [-0.2, 0) is 9.59 Å². The number of nitrogens with one attached hydrogen (secondary N) is 1. The molecule has 1 aromatic heterocycles. The van der Waals surface area contributed by atoms with E-state index in [9.17, 15) is 9.59 Å². The predicted molar refractivity (Wildman–Crippen MR) is 114 cm³/mol. The third-order valence-corrected chi connectivity index (χ3v) is 5.05. The first-order chi connectivity index (χ1) is 13.3. The molecule has 1 saturated heterocycles. The van der Waals surface area contributed by atoms with Crippen LogP contribution >= 0.6 is 0 Å². The van der Waals surface area contributed by atoms with Crippen molar-refractivity contribution in [3.8, 4) is 0 Å². The van der Waals surface area contributed by atoms with Crippen LogP contribution in [0, 0.1) is 12.8 Å². The van der Waals surface area contributed by atoms with Crippen LogP contribution in [0.1, 0.15) is 32.4 Å². The Morgan fingerprint density at radius 1 is 1.21 bits per heavy atom. The molecule has 148 valence electrons. The fourth-order valence-corrected chi connectivity index (χ4v) is 3.25. The lowest BCUT2D eigenvalue weighted by Gasteiger charge is -2.31. The van der Waals surface area contributed by atoms with Crippen LogP contribution in [0.5, 0.6) is 0 Å². The van der Waals surface area contributed by atoms with Crippen LogP contribution in [0.25, 0.3) is 0 Å². The lowest BCUT2D eigenvalue weighted by Crippen LogP contribution is -2.37. The minimum absolute atomic E-state index is 0.00758. The molecule has 5 nitrogen and oxygen atoms in total. The Morgan fingerprint density at radius 2 is 1.89 bits per heavy atom. The summed E-state index contributed by atoms with van der Waals surface area (Å²) < 4.78 is 0. The quantitative estimate of drug-likeness (QED) is 0.570.